The molecule has 0 radical (unpaired) electrons. The van der Waals surface area contributed by atoms with Gasteiger partial charge in [-0.05, 0) is 115 Å². The molecule has 216 valence electrons. The fourth-order valence-electron chi connectivity index (χ4n) is 4.59. The van der Waals surface area contributed by atoms with Gasteiger partial charge in [-0.25, -0.2) is 4.39 Å². The Bertz CT molecular complexity index is 1470. The maximum Gasteiger partial charge on any atom is 0.367 e. The molecule has 8 heteroatoms. The summed E-state index contributed by atoms with van der Waals surface area (Å²) in [6.07, 6.45) is 1.85. The van der Waals surface area contributed by atoms with E-state index >= 15 is 0 Å². The predicted molar refractivity (Wildman–Crippen MR) is 159 cm³/mol. The summed E-state index contributed by atoms with van der Waals surface area (Å²) in [7, 11) is -3.18. The first-order valence-corrected chi connectivity index (χ1v) is 15.2. The molecule has 1 heterocycles. The van der Waals surface area contributed by atoms with Gasteiger partial charge in [0.05, 0.1) is 13.2 Å². The minimum absolute atomic E-state index is 0.101. The summed E-state index contributed by atoms with van der Waals surface area (Å²) < 4.78 is 42.0. The molecule has 4 aromatic carbocycles. The third kappa shape index (κ3) is 8.92. The molecule has 0 unspecified atom stereocenters. The van der Waals surface area contributed by atoms with Crippen molar-refractivity contribution in [2.75, 3.05) is 19.6 Å². The number of aryl methyl sites for hydroxylation is 3. The van der Waals surface area contributed by atoms with Crippen LogP contribution in [-0.2, 0) is 26.5 Å². The van der Waals surface area contributed by atoms with Gasteiger partial charge < -0.3 is 24.0 Å². The number of halogens is 1. The SMILES string of the molecule is Cc1cc(OCP2(=O)OCCCO2)cc(C)c1Cc1ccc(O)c(Cc2ccc(F)cc2)c1.Cc1cccc(O)c1. The van der Waals surface area contributed by atoms with Gasteiger partial charge in [-0.3, -0.25) is 4.57 Å². The molecule has 2 N–H and O–H groups in total. The maximum atomic E-state index is 13.2. The number of ether oxygens (including phenoxy) is 1. The first-order valence-electron chi connectivity index (χ1n) is 13.5. The molecule has 0 bridgehead atoms. The third-order valence-corrected chi connectivity index (χ3v) is 8.36. The average molecular weight is 579 g/mol. The average Bonchev–Trinajstić information content (AvgIpc) is 2.93. The Balaban J connectivity index is 0.000000417. The fourth-order valence-corrected chi connectivity index (χ4v) is 5.94. The van der Waals surface area contributed by atoms with E-state index in [1.165, 1.54) is 12.1 Å². The normalized spacial score (nSPS) is 14.1. The smallest absolute Gasteiger partial charge is 0.367 e. The summed E-state index contributed by atoms with van der Waals surface area (Å²) in [6.45, 7) is 6.83. The van der Waals surface area contributed by atoms with E-state index in [4.69, 9.17) is 18.9 Å². The highest BCUT2D eigenvalue weighted by Gasteiger charge is 2.29. The minimum Gasteiger partial charge on any atom is -0.508 e. The Hall–Kier alpha value is -3.64. The Kier molecular flexibility index (Phi) is 10.2. The number of rotatable bonds is 7. The molecule has 0 amide bonds. The molecular weight excluding hydrogens is 542 g/mol. The van der Waals surface area contributed by atoms with E-state index in [2.05, 4.69) is 0 Å². The van der Waals surface area contributed by atoms with Gasteiger partial charge >= 0.3 is 7.60 Å². The summed E-state index contributed by atoms with van der Waals surface area (Å²) in [4.78, 5) is 0. The van der Waals surface area contributed by atoms with Crippen LogP contribution in [-0.4, -0.2) is 29.8 Å². The largest absolute Gasteiger partial charge is 0.508 e. The van der Waals surface area contributed by atoms with Crippen LogP contribution in [0.5, 0.6) is 17.2 Å². The van der Waals surface area contributed by atoms with Gasteiger partial charge in [0, 0.05) is 6.42 Å². The molecule has 1 aliphatic heterocycles. The summed E-state index contributed by atoms with van der Waals surface area (Å²) in [5.74, 6) is 0.915. The van der Waals surface area contributed by atoms with Gasteiger partial charge in [-0.1, -0.05) is 36.4 Å². The quantitative estimate of drug-likeness (QED) is 0.216. The van der Waals surface area contributed by atoms with Gasteiger partial charge in [-0.2, -0.15) is 0 Å². The first kappa shape index (κ1) is 30.3. The standard InChI is InChI=1S/C26H28FO5P.C7H8O/c1-18-12-24(30-17-33(29)31-10-3-11-32-33)13-19(2)25(18)16-21-6-9-26(28)22(15-21)14-20-4-7-23(27)8-5-20;1-6-3-2-4-7(8)5-6/h4-9,12-13,15,28H,3,10-11,14,16-17H2,1-2H3;2-5,8H,1H3. The maximum absolute atomic E-state index is 13.2. The molecule has 0 aromatic heterocycles. The number of hydrogen-bond donors (Lipinski definition) is 2. The van der Waals surface area contributed by atoms with E-state index in [-0.39, 0.29) is 17.9 Å². The fraction of sp³-hybridized carbons (Fsp3) is 0.273. The lowest BCUT2D eigenvalue weighted by molar-refractivity contribution is 0.132. The van der Waals surface area contributed by atoms with Crippen LogP contribution in [0.2, 0.25) is 0 Å². The summed E-state index contributed by atoms with van der Waals surface area (Å²) in [5.41, 5.74) is 7.17. The van der Waals surface area contributed by atoms with E-state index in [0.29, 0.717) is 37.6 Å². The second-order valence-corrected chi connectivity index (χ2v) is 12.2. The van der Waals surface area contributed by atoms with E-state index < -0.39 is 7.60 Å². The predicted octanol–water partition coefficient (Wildman–Crippen LogP) is 8.00. The van der Waals surface area contributed by atoms with Crippen molar-refractivity contribution >= 4 is 7.60 Å². The molecule has 0 atom stereocenters. The van der Waals surface area contributed by atoms with Crippen molar-refractivity contribution < 1.29 is 33.0 Å². The van der Waals surface area contributed by atoms with Crippen LogP contribution >= 0.6 is 7.60 Å². The molecule has 6 nitrogen and oxygen atoms in total. The summed E-state index contributed by atoms with van der Waals surface area (Å²) >= 11 is 0. The van der Waals surface area contributed by atoms with Crippen LogP contribution in [0.3, 0.4) is 0 Å². The van der Waals surface area contributed by atoms with Crippen LogP contribution < -0.4 is 4.74 Å². The molecule has 0 saturated carbocycles. The highest BCUT2D eigenvalue weighted by atomic mass is 31.2. The van der Waals surface area contributed by atoms with Crippen LogP contribution in [0.15, 0.2) is 78.9 Å². The molecule has 0 spiro atoms. The zero-order chi connectivity index (χ0) is 29.4. The number of aromatic hydroxyl groups is 2. The van der Waals surface area contributed by atoms with Gasteiger partial charge in [0.2, 0.25) is 0 Å². The monoisotopic (exact) mass is 578 g/mol. The molecule has 1 saturated heterocycles. The van der Waals surface area contributed by atoms with Gasteiger partial charge in [0.25, 0.3) is 0 Å². The van der Waals surface area contributed by atoms with Crippen molar-refractivity contribution in [1.82, 2.24) is 0 Å². The zero-order valence-corrected chi connectivity index (χ0v) is 24.5. The minimum atomic E-state index is -3.18. The first-order chi connectivity index (χ1) is 19.6. The van der Waals surface area contributed by atoms with E-state index in [1.54, 1.807) is 30.3 Å². The molecule has 1 aliphatic rings. The van der Waals surface area contributed by atoms with E-state index in [1.807, 2.05) is 57.2 Å². The number of benzene rings is 4. The van der Waals surface area contributed by atoms with Crippen molar-refractivity contribution in [2.24, 2.45) is 0 Å². The van der Waals surface area contributed by atoms with Crippen molar-refractivity contribution in [1.29, 1.82) is 0 Å². The van der Waals surface area contributed by atoms with Crippen molar-refractivity contribution in [3.8, 4) is 17.2 Å². The molecule has 5 rings (SSSR count). The van der Waals surface area contributed by atoms with Crippen LogP contribution in [0.1, 0.15) is 45.4 Å². The highest BCUT2D eigenvalue weighted by molar-refractivity contribution is 7.53. The molecule has 41 heavy (non-hydrogen) atoms. The van der Waals surface area contributed by atoms with Crippen LogP contribution in [0, 0.1) is 26.6 Å². The number of phenolic OH excluding ortho intramolecular Hbond substituents is 2. The third-order valence-electron chi connectivity index (χ3n) is 6.76. The van der Waals surface area contributed by atoms with Crippen molar-refractivity contribution in [3.63, 3.8) is 0 Å². The lowest BCUT2D eigenvalue weighted by Gasteiger charge is -2.23. The molecule has 0 aliphatic carbocycles. The Morgan fingerprint density at radius 1 is 0.829 bits per heavy atom. The van der Waals surface area contributed by atoms with E-state index in [9.17, 15) is 14.1 Å². The lowest BCUT2D eigenvalue weighted by Crippen LogP contribution is -2.13. The topological polar surface area (TPSA) is 85.2 Å². The van der Waals surface area contributed by atoms with E-state index in [0.717, 1.165) is 45.4 Å². The molecule has 1 fully saturated rings. The van der Waals surface area contributed by atoms with Gasteiger partial charge in [0.15, 0.2) is 6.35 Å². The Labute approximate surface area is 240 Å². The molecular formula is C33H36FO6P. The van der Waals surface area contributed by atoms with Gasteiger partial charge in [0.1, 0.15) is 23.1 Å². The zero-order valence-electron chi connectivity index (χ0n) is 23.6. The second-order valence-electron chi connectivity index (χ2n) is 10.2. The second kappa shape index (κ2) is 13.8. The highest BCUT2D eigenvalue weighted by Crippen LogP contribution is 2.50. The Morgan fingerprint density at radius 3 is 2.10 bits per heavy atom. The van der Waals surface area contributed by atoms with Gasteiger partial charge in [-0.15, -0.1) is 0 Å². The summed E-state index contributed by atoms with van der Waals surface area (Å²) in [5, 5.41) is 19.1. The lowest BCUT2D eigenvalue weighted by atomic mass is 9.93. The van der Waals surface area contributed by atoms with Crippen LogP contribution in [0.4, 0.5) is 4.39 Å². The van der Waals surface area contributed by atoms with Crippen molar-refractivity contribution in [2.45, 2.75) is 40.0 Å². The molecule has 4 aromatic rings. The van der Waals surface area contributed by atoms with Crippen molar-refractivity contribution in [3.05, 3.63) is 124 Å². The number of hydrogen-bond acceptors (Lipinski definition) is 6. The summed E-state index contributed by atoms with van der Waals surface area (Å²) in [6, 6.07) is 22.9. The van der Waals surface area contributed by atoms with Crippen LogP contribution in [0.25, 0.3) is 0 Å². The Morgan fingerprint density at radius 2 is 1.49 bits per heavy atom. The number of phenols is 2.